The standard InChI is InChI=1S/C20H19FN4O2/c1-27-15-7-4-6-13(9-15)17-10-18-20(26)23-12-19(25(18)24-17)22-11-14-5-2-3-8-16(14)21/h2-10,19,22H,11-12H2,1H3,(H,23,26)/t19-/m1/s1. The Morgan fingerprint density at radius 3 is 2.93 bits per heavy atom. The normalized spacial score (nSPS) is 15.9. The number of methoxy groups -OCH3 is 1. The van der Waals surface area contributed by atoms with Gasteiger partial charge in [0.25, 0.3) is 5.91 Å². The first-order chi connectivity index (χ1) is 13.2. The highest BCUT2D eigenvalue weighted by Crippen LogP contribution is 2.26. The lowest BCUT2D eigenvalue weighted by Gasteiger charge is -2.25. The molecule has 0 saturated carbocycles. The maximum absolute atomic E-state index is 13.9. The van der Waals surface area contributed by atoms with Gasteiger partial charge >= 0.3 is 0 Å². The Bertz CT molecular complexity index is 986. The SMILES string of the molecule is COc1cccc(-c2cc3n(n2)[C@@H](NCc2ccccc2F)CNC3=O)c1. The van der Waals surface area contributed by atoms with Crippen LogP contribution in [0.15, 0.2) is 54.6 Å². The third-order valence-corrected chi connectivity index (χ3v) is 4.57. The molecule has 6 nitrogen and oxygen atoms in total. The molecule has 7 heteroatoms. The molecular formula is C20H19FN4O2. The van der Waals surface area contributed by atoms with Crippen LogP contribution in [0, 0.1) is 5.82 Å². The fourth-order valence-electron chi connectivity index (χ4n) is 3.12. The van der Waals surface area contributed by atoms with Gasteiger partial charge in [0, 0.05) is 17.7 Å². The third-order valence-electron chi connectivity index (χ3n) is 4.57. The van der Waals surface area contributed by atoms with E-state index in [1.165, 1.54) is 6.07 Å². The zero-order valence-electron chi connectivity index (χ0n) is 14.8. The first-order valence-electron chi connectivity index (χ1n) is 8.64. The highest BCUT2D eigenvalue weighted by molar-refractivity contribution is 5.94. The van der Waals surface area contributed by atoms with Crippen LogP contribution in [0.1, 0.15) is 22.2 Å². The van der Waals surface area contributed by atoms with Gasteiger partial charge in [-0.1, -0.05) is 30.3 Å². The van der Waals surface area contributed by atoms with Crippen molar-refractivity contribution >= 4 is 5.91 Å². The summed E-state index contributed by atoms with van der Waals surface area (Å²) in [6.07, 6.45) is -0.267. The van der Waals surface area contributed by atoms with Gasteiger partial charge in [-0.3, -0.25) is 10.1 Å². The van der Waals surface area contributed by atoms with Crippen LogP contribution in [-0.4, -0.2) is 29.3 Å². The smallest absolute Gasteiger partial charge is 0.269 e. The minimum atomic E-state index is -0.267. The molecule has 3 aromatic rings. The quantitative estimate of drug-likeness (QED) is 0.729. The topological polar surface area (TPSA) is 68.2 Å². The first-order valence-corrected chi connectivity index (χ1v) is 8.64. The molecule has 0 unspecified atom stereocenters. The lowest BCUT2D eigenvalue weighted by atomic mass is 10.1. The van der Waals surface area contributed by atoms with Crippen LogP contribution < -0.4 is 15.4 Å². The van der Waals surface area contributed by atoms with Crippen molar-refractivity contribution in [1.82, 2.24) is 20.4 Å². The minimum Gasteiger partial charge on any atom is -0.497 e. The van der Waals surface area contributed by atoms with Crippen LogP contribution in [0.3, 0.4) is 0 Å². The van der Waals surface area contributed by atoms with Crippen LogP contribution in [0.4, 0.5) is 4.39 Å². The predicted octanol–water partition coefficient (Wildman–Crippen LogP) is 2.73. The number of hydrogen-bond donors (Lipinski definition) is 2. The molecule has 0 saturated heterocycles. The van der Waals surface area contributed by atoms with Crippen molar-refractivity contribution in [3.05, 3.63) is 71.7 Å². The molecule has 2 N–H and O–H groups in total. The van der Waals surface area contributed by atoms with Crippen LogP contribution in [0.2, 0.25) is 0 Å². The molecule has 1 atom stereocenters. The van der Waals surface area contributed by atoms with Crippen molar-refractivity contribution in [2.75, 3.05) is 13.7 Å². The summed E-state index contributed by atoms with van der Waals surface area (Å²) in [5.41, 5.74) is 2.57. The number of aromatic nitrogens is 2. The number of fused-ring (bicyclic) bond motifs is 1. The first kappa shape index (κ1) is 17.2. The van der Waals surface area contributed by atoms with E-state index in [0.717, 1.165) is 11.3 Å². The second kappa shape index (κ2) is 7.20. The van der Waals surface area contributed by atoms with Gasteiger partial charge in [-0.25, -0.2) is 9.07 Å². The average Bonchev–Trinajstić information content (AvgIpc) is 3.15. The Balaban J connectivity index is 1.61. The predicted molar refractivity (Wildman–Crippen MR) is 98.8 cm³/mol. The number of nitrogens with one attached hydrogen (secondary N) is 2. The molecule has 0 bridgehead atoms. The molecule has 138 valence electrons. The molecule has 0 aliphatic carbocycles. The Kier molecular flexibility index (Phi) is 4.60. The molecule has 0 radical (unpaired) electrons. The second-order valence-corrected chi connectivity index (χ2v) is 6.29. The zero-order valence-corrected chi connectivity index (χ0v) is 14.8. The van der Waals surface area contributed by atoms with Gasteiger partial charge in [0.1, 0.15) is 23.4 Å². The lowest BCUT2D eigenvalue weighted by Crippen LogP contribution is -2.45. The Morgan fingerprint density at radius 2 is 2.11 bits per heavy atom. The number of halogens is 1. The van der Waals surface area contributed by atoms with Gasteiger partial charge in [-0.15, -0.1) is 0 Å². The molecule has 27 heavy (non-hydrogen) atoms. The summed E-state index contributed by atoms with van der Waals surface area (Å²) >= 11 is 0. The minimum absolute atomic E-state index is 0.180. The maximum atomic E-state index is 13.9. The van der Waals surface area contributed by atoms with Crippen LogP contribution in [0.5, 0.6) is 5.75 Å². The van der Waals surface area contributed by atoms with Gasteiger partial charge in [0.2, 0.25) is 0 Å². The van der Waals surface area contributed by atoms with Crippen LogP contribution in [0.25, 0.3) is 11.3 Å². The monoisotopic (exact) mass is 366 g/mol. The van der Waals surface area contributed by atoms with E-state index in [0.29, 0.717) is 30.0 Å². The summed E-state index contributed by atoms with van der Waals surface area (Å²) < 4.78 is 20.8. The van der Waals surface area contributed by atoms with Crippen molar-refractivity contribution < 1.29 is 13.9 Å². The average molecular weight is 366 g/mol. The molecule has 0 fully saturated rings. The largest absolute Gasteiger partial charge is 0.497 e. The number of benzene rings is 2. The summed E-state index contributed by atoms with van der Waals surface area (Å²) in [6, 6.07) is 15.9. The molecular weight excluding hydrogens is 347 g/mol. The van der Waals surface area contributed by atoms with Gasteiger partial charge in [0.15, 0.2) is 0 Å². The van der Waals surface area contributed by atoms with Crippen molar-refractivity contribution in [3.8, 4) is 17.0 Å². The molecule has 4 rings (SSSR count). The van der Waals surface area contributed by atoms with E-state index >= 15 is 0 Å². The summed E-state index contributed by atoms with van der Waals surface area (Å²) in [6.45, 7) is 0.709. The highest BCUT2D eigenvalue weighted by atomic mass is 19.1. The number of hydrogen-bond acceptors (Lipinski definition) is 4. The molecule has 1 aromatic heterocycles. The molecule has 2 aromatic carbocycles. The van der Waals surface area contributed by atoms with E-state index in [2.05, 4.69) is 15.7 Å². The summed E-state index contributed by atoms with van der Waals surface area (Å²) in [5, 5.41) is 10.7. The van der Waals surface area contributed by atoms with E-state index in [4.69, 9.17) is 4.74 Å². The van der Waals surface area contributed by atoms with E-state index in [-0.39, 0.29) is 17.9 Å². The second-order valence-electron chi connectivity index (χ2n) is 6.29. The van der Waals surface area contributed by atoms with Crippen LogP contribution in [-0.2, 0) is 6.54 Å². The fraction of sp³-hybridized carbons (Fsp3) is 0.200. The highest BCUT2D eigenvalue weighted by Gasteiger charge is 2.27. The number of ether oxygens (including phenoxy) is 1. The number of carbonyl (C=O) groups is 1. The van der Waals surface area contributed by atoms with E-state index in [1.807, 2.05) is 24.3 Å². The molecule has 1 amide bonds. The van der Waals surface area contributed by atoms with Crippen LogP contribution >= 0.6 is 0 Å². The number of nitrogens with zero attached hydrogens (tertiary/aromatic N) is 2. The van der Waals surface area contributed by atoms with Gasteiger partial charge < -0.3 is 10.1 Å². The maximum Gasteiger partial charge on any atom is 0.269 e. The van der Waals surface area contributed by atoms with Crippen molar-refractivity contribution in [2.24, 2.45) is 0 Å². The third kappa shape index (κ3) is 3.41. The number of carbonyl (C=O) groups excluding carboxylic acids is 1. The van der Waals surface area contributed by atoms with E-state index < -0.39 is 0 Å². The van der Waals surface area contributed by atoms with E-state index in [1.54, 1.807) is 36.1 Å². The molecule has 2 heterocycles. The molecule has 0 spiro atoms. The Labute approximate surface area is 156 Å². The lowest BCUT2D eigenvalue weighted by molar-refractivity contribution is 0.0900. The summed E-state index contributed by atoms with van der Waals surface area (Å²) in [7, 11) is 1.60. The van der Waals surface area contributed by atoms with Crippen molar-refractivity contribution in [1.29, 1.82) is 0 Å². The van der Waals surface area contributed by atoms with Gasteiger partial charge in [-0.05, 0) is 24.3 Å². The van der Waals surface area contributed by atoms with E-state index in [9.17, 15) is 9.18 Å². The number of rotatable bonds is 5. The van der Waals surface area contributed by atoms with Crippen molar-refractivity contribution in [2.45, 2.75) is 12.7 Å². The zero-order chi connectivity index (χ0) is 18.8. The van der Waals surface area contributed by atoms with Crippen molar-refractivity contribution in [3.63, 3.8) is 0 Å². The fourth-order valence-corrected chi connectivity index (χ4v) is 3.12. The summed E-state index contributed by atoms with van der Waals surface area (Å²) in [5.74, 6) is 0.278. The van der Waals surface area contributed by atoms with Gasteiger partial charge in [-0.2, -0.15) is 5.10 Å². The number of amides is 1. The Hall–Kier alpha value is -3.19. The molecule has 1 aliphatic heterocycles. The molecule has 1 aliphatic rings. The summed E-state index contributed by atoms with van der Waals surface area (Å²) in [4.78, 5) is 12.2. The van der Waals surface area contributed by atoms with Gasteiger partial charge in [0.05, 0.1) is 19.3 Å². The Morgan fingerprint density at radius 1 is 1.26 bits per heavy atom.